The van der Waals surface area contributed by atoms with Gasteiger partial charge in [-0.2, -0.15) is 0 Å². The first kappa shape index (κ1) is 20.6. The minimum atomic E-state index is -0.308. The molecule has 0 atom stereocenters. The number of hydrogen-bond donors (Lipinski definition) is 2. The molecule has 4 rings (SSSR count). The SMILES string of the molecule is Cc1cc(C)nc(Nc2ccc(NC(=O)c3sc(-c4ccc(F)cc4)nc3C)cc2)n1. The lowest BCUT2D eigenvalue weighted by atomic mass is 10.2. The van der Waals surface area contributed by atoms with Gasteiger partial charge >= 0.3 is 0 Å². The molecule has 2 N–H and O–H groups in total. The van der Waals surface area contributed by atoms with Crippen LogP contribution in [0.5, 0.6) is 0 Å². The average molecular weight is 434 g/mol. The molecule has 6 nitrogen and oxygen atoms in total. The minimum absolute atomic E-state index is 0.235. The average Bonchev–Trinajstić information content (AvgIpc) is 3.11. The van der Waals surface area contributed by atoms with Crippen LogP contribution in [0.4, 0.5) is 21.7 Å². The van der Waals surface area contributed by atoms with Gasteiger partial charge in [0.25, 0.3) is 5.91 Å². The van der Waals surface area contributed by atoms with Crippen LogP contribution in [0.25, 0.3) is 10.6 Å². The van der Waals surface area contributed by atoms with Gasteiger partial charge in [-0.15, -0.1) is 11.3 Å². The Kier molecular flexibility index (Phi) is 5.73. The van der Waals surface area contributed by atoms with E-state index in [-0.39, 0.29) is 11.7 Å². The van der Waals surface area contributed by atoms with E-state index in [4.69, 9.17) is 0 Å². The predicted molar refractivity (Wildman–Crippen MR) is 121 cm³/mol. The van der Waals surface area contributed by atoms with Crippen molar-refractivity contribution >= 4 is 34.6 Å². The van der Waals surface area contributed by atoms with Gasteiger partial charge in [0.2, 0.25) is 5.95 Å². The van der Waals surface area contributed by atoms with Crippen LogP contribution in [0, 0.1) is 26.6 Å². The van der Waals surface area contributed by atoms with Crippen LogP contribution < -0.4 is 10.6 Å². The van der Waals surface area contributed by atoms with Crippen molar-refractivity contribution in [3.05, 3.63) is 82.4 Å². The van der Waals surface area contributed by atoms with Crippen LogP contribution in [0.15, 0.2) is 54.6 Å². The van der Waals surface area contributed by atoms with E-state index in [9.17, 15) is 9.18 Å². The van der Waals surface area contributed by atoms with Crippen molar-refractivity contribution in [3.8, 4) is 10.6 Å². The summed E-state index contributed by atoms with van der Waals surface area (Å²) in [5.74, 6) is -0.0124. The largest absolute Gasteiger partial charge is 0.324 e. The van der Waals surface area contributed by atoms with Crippen molar-refractivity contribution in [2.45, 2.75) is 20.8 Å². The summed E-state index contributed by atoms with van der Waals surface area (Å²) < 4.78 is 13.2. The molecular formula is C23H20FN5OS. The van der Waals surface area contributed by atoms with Crippen LogP contribution in [0.3, 0.4) is 0 Å². The molecule has 31 heavy (non-hydrogen) atoms. The van der Waals surface area contributed by atoms with Gasteiger partial charge in [-0.1, -0.05) is 0 Å². The fraction of sp³-hybridized carbons (Fsp3) is 0.130. The van der Waals surface area contributed by atoms with E-state index >= 15 is 0 Å². The predicted octanol–water partition coefficient (Wildman–Crippen LogP) is 5.66. The second-order valence-corrected chi connectivity index (χ2v) is 8.07. The smallest absolute Gasteiger partial charge is 0.267 e. The maximum Gasteiger partial charge on any atom is 0.267 e. The Morgan fingerprint density at radius 3 is 2.13 bits per heavy atom. The fourth-order valence-corrected chi connectivity index (χ4v) is 4.03. The van der Waals surface area contributed by atoms with Gasteiger partial charge in [-0.3, -0.25) is 4.79 Å². The number of aromatic nitrogens is 3. The zero-order valence-corrected chi connectivity index (χ0v) is 18.0. The summed E-state index contributed by atoms with van der Waals surface area (Å²) in [4.78, 5) is 26.5. The van der Waals surface area contributed by atoms with Crippen LogP contribution in [-0.2, 0) is 0 Å². The highest BCUT2D eigenvalue weighted by atomic mass is 32.1. The fourth-order valence-electron chi connectivity index (χ4n) is 3.06. The molecule has 0 unspecified atom stereocenters. The molecule has 2 aromatic carbocycles. The zero-order chi connectivity index (χ0) is 22.0. The molecule has 0 bridgehead atoms. The topological polar surface area (TPSA) is 79.8 Å². The van der Waals surface area contributed by atoms with Crippen LogP contribution in [-0.4, -0.2) is 20.9 Å². The quantitative estimate of drug-likeness (QED) is 0.424. The second-order valence-electron chi connectivity index (χ2n) is 7.07. The molecule has 2 heterocycles. The molecule has 4 aromatic rings. The lowest BCUT2D eigenvalue weighted by molar-refractivity contribution is 0.103. The Morgan fingerprint density at radius 1 is 0.871 bits per heavy atom. The maximum atomic E-state index is 13.2. The van der Waals surface area contributed by atoms with Crippen molar-refractivity contribution < 1.29 is 9.18 Å². The molecular weight excluding hydrogens is 413 g/mol. The van der Waals surface area contributed by atoms with Crippen molar-refractivity contribution in [1.82, 2.24) is 15.0 Å². The summed E-state index contributed by atoms with van der Waals surface area (Å²) in [7, 11) is 0. The summed E-state index contributed by atoms with van der Waals surface area (Å²) in [6.45, 7) is 5.62. The van der Waals surface area contributed by atoms with E-state index in [1.807, 2.05) is 32.0 Å². The Morgan fingerprint density at radius 2 is 1.48 bits per heavy atom. The standard InChI is InChI=1S/C23H20FN5OS/c1-13-12-14(2)26-23(25-13)29-19-10-8-18(9-11-19)28-21(30)20-15(3)27-22(31-20)16-4-6-17(24)7-5-16/h4-12H,1-3H3,(H,28,30)(H,25,26,29). The molecule has 156 valence electrons. The zero-order valence-electron chi connectivity index (χ0n) is 17.2. The Hall–Kier alpha value is -3.65. The van der Waals surface area contributed by atoms with Crippen LogP contribution in [0.2, 0.25) is 0 Å². The second kappa shape index (κ2) is 8.61. The molecule has 0 aliphatic rings. The van der Waals surface area contributed by atoms with Gasteiger partial charge in [-0.05, 0) is 75.4 Å². The minimum Gasteiger partial charge on any atom is -0.324 e. The number of rotatable bonds is 5. The number of carbonyl (C=O) groups excluding carboxylic acids is 1. The van der Waals surface area contributed by atoms with Crippen LogP contribution in [0.1, 0.15) is 26.8 Å². The molecule has 0 aliphatic heterocycles. The van der Waals surface area contributed by atoms with Gasteiger partial charge in [0.1, 0.15) is 15.7 Å². The van der Waals surface area contributed by atoms with E-state index in [0.717, 1.165) is 22.6 Å². The summed E-state index contributed by atoms with van der Waals surface area (Å²) >= 11 is 1.28. The summed E-state index contributed by atoms with van der Waals surface area (Å²) in [5, 5.41) is 6.73. The molecule has 8 heteroatoms. The summed E-state index contributed by atoms with van der Waals surface area (Å²) in [6, 6.07) is 15.3. The maximum absolute atomic E-state index is 13.2. The number of nitrogens with one attached hydrogen (secondary N) is 2. The number of carbonyl (C=O) groups is 1. The first-order chi connectivity index (χ1) is 14.9. The first-order valence-corrected chi connectivity index (χ1v) is 10.4. The summed E-state index contributed by atoms with van der Waals surface area (Å²) in [6.07, 6.45) is 0. The number of aryl methyl sites for hydroxylation is 3. The van der Waals surface area contributed by atoms with Gasteiger partial charge in [-0.25, -0.2) is 19.3 Å². The third kappa shape index (κ3) is 4.92. The van der Waals surface area contributed by atoms with Gasteiger partial charge in [0.15, 0.2) is 0 Å². The number of benzene rings is 2. The molecule has 1 amide bonds. The number of anilines is 3. The number of thiazole rings is 1. The lowest BCUT2D eigenvalue weighted by Gasteiger charge is -2.08. The molecule has 0 radical (unpaired) electrons. The Labute approximate surface area is 183 Å². The number of halogens is 1. The van der Waals surface area contributed by atoms with E-state index < -0.39 is 0 Å². The normalized spacial score (nSPS) is 10.7. The molecule has 0 aliphatic carbocycles. The monoisotopic (exact) mass is 433 g/mol. The highest BCUT2D eigenvalue weighted by Gasteiger charge is 2.16. The molecule has 0 spiro atoms. The van der Waals surface area contributed by atoms with E-state index in [0.29, 0.717) is 27.2 Å². The Balaban J connectivity index is 1.46. The van der Waals surface area contributed by atoms with Gasteiger partial charge in [0, 0.05) is 28.3 Å². The van der Waals surface area contributed by atoms with Crippen molar-refractivity contribution in [2.24, 2.45) is 0 Å². The molecule has 0 saturated heterocycles. The van der Waals surface area contributed by atoms with E-state index in [1.54, 1.807) is 31.2 Å². The third-order valence-corrected chi connectivity index (χ3v) is 5.68. The highest BCUT2D eigenvalue weighted by molar-refractivity contribution is 7.17. The van der Waals surface area contributed by atoms with Gasteiger partial charge < -0.3 is 10.6 Å². The van der Waals surface area contributed by atoms with Gasteiger partial charge in [0.05, 0.1) is 5.69 Å². The van der Waals surface area contributed by atoms with E-state index in [1.165, 1.54) is 23.5 Å². The van der Waals surface area contributed by atoms with Crippen molar-refractivity contribution in [3.63, 3.8) is 0 Å². The summed E-state index contributed by atoms with van der Waals surface area (Å²) in [5.41, 5.74) is 4.66. The molecule has 0 fully saturated rings. The number of amides is 1. The lowest BCUT2D eigenvalue weighted by Crippen LogP contribution is -2.11. The van der Waals surface area contributed by atoms with Crippen LogP contribution >= 0.6 is 11.3 Å². The first-order valence-electron chi connectivity index (χ1n) is 9.61. The molecule has 2 aromatic heterocycles. The molecule has 0 saturated carbocycles. The Bertz CT molecular complexity index is 1220. The number of hydrogen-bond acceptors (Lipinski definition) is 6. The van der Waals surface area contributed by atoms with Crippen molar-refractivity contribution in [2.75, 3.05) is 10.6 Å². The third-order valence-electron chi connectivity index (χ3n) is 4.48. The number of nitrogens with zero attached hydrogens (tertiary/aromatic N) is 3. The van der Waals surface area contributed by atoms with E-state index in [2.05, 4.69) is 25.6 Å². The highest BCUT2D eigenvalue weighted by Crippen LogP contribution is 2.29. The van der Waals surface area contributed by atoms with Crippen molar-refractivity contribution in [1.29, 1.82) is 0 Å².